The summed E-state index contributed by atoms with van der Waals surface area (Å²) in [6.45, 7) is 1.99. The van der Waals surface area contributed by atoms with Gasteiger partial charge in [-0.3, -0.25) is 0 Å². The van der Waals surface area contributed by atoms with E-state index in [0.29, 0.717) is 0 Å². The summed E-state index contributed by atoms with van der Waals surface area (Å²) in [6, 6.07) is 3.09. The molecule has 0 aliphatic carbocycles. The molecule has 66 valence electrons. The van der Waals surface area contributed by atoms with E-state index in [0.717, 1.165) is 17.7 Å². The second-order valence-corrected chi connectivity index (χ2v) is 2.60. The number of hydrogen-bond acceptors (Lipinski definition) is 3. The number of rotatable bonds is 2. The number of nitrogens with one attached hydrogen (secondary N) is 1. The Morgan fingerprint density at radius 1 is 1.25 bits per heavy atom. The molecule has 0 spiro atoms. The minimum Gasteiger partial charge on any atom is -0.504 e. The van der Waals surface area contributed by atoms with Gasteiger partial charge in [-0.2, -0.15) is 0 Å². The van der Waals surface area contributed by atoms with E-state index in [1.165, 1.54) is 6.07 Å². The Balaban J connectivity index is 3.19. The van der Waals surface area contributed by atoms with Gasteiger partial charge in [0.2, 0.25) is 0 Å². The van der Waals surface area contributed by atoms with Gasteiger partial charge in [0.15, 0.2) is 11.5 Å². The molecule has 0 unspecified atom stereocenters. The second-order valence-electron chi connectivity index (χ2n) is 2.60. The highest BCUT2D eigenvalue weighted by Gasteiger charge is 2.04. The molecule has 0 heterocycles. The lowest BCUT2D eigenvalue weighted by Gasteiger charge is -2.08. The minimum absolute atomic E-state index is 0.0640. The van der Waals surface area contributed by atoms with E-state index in [1.54, 1.807) is 13.1 Å². The molecule has 0 aromatic heterocycles. The van der Waals surface area contributed by atoms with Crippen molar-refractivity contribution in [2.45, 2.75) is 13.3 Å². The standard InChI is InChI=1S/C9H13NO2/c1-3-6-4-8(11)9(12)5-7(6)10-2/h4-5,10-12H,3H2,1-2H3. The van der Waals surface area contributed by atoms with E-state index in [-0.39, 0.29) is 11.5 Å². The van der Waals surface area contributed by atoms with Crippen molar-refractivity contribution in [1.29, 1.82) is 0 Å². The van der Waals surface area contributed by atoms with Crippen molar-refractivity contribution in [3.05, 3.63) is 17.7 Å². The summed E-state index contributed by atoms with van der Waals surface area (Å²) in [7, 11) is 1.78. The van der Waals surface area contributed by atoms with Crippen molar-refractivity contribution in [3.8, 4) is 11.5 Å². The summed E-state index contributed by atoms with van der Waals surface area (Å²) >= 11 is 0. The highest BCUT2D eigenvalue weighted by Crippen LogP contribution is 2.31. The third-order valence-corrected chi connectivity index (χ3v) is 1.85. The molecule has 0 atom stereocenters. The fourth-order valence-corrected chi connectivity index (χ4v) is 1.15. The molecule has 1 rings (SSSR count). The summed E-state index contributed by atoms with van der Waals surface area (Å²) in [6.07, 6.45) is 0.823. The maximum Gasteiger partial charge on any atom is 0.159 e. The van der Waals surface area contributed by atoms with Gasteiger partial charge in [-0.1, -0.05) is 6.92 Å². The van der Waals surface area contributed by atoms with E-state index >= 15 is 0 Å². The third kappa shape index (κ3) is 1.44. The molecule has 12 heavy (non-hydrogen) atoms. The van der Waals surface area contributed by atoms with Gasteiger partial charge in [0.1, 0.15) is 0 Å². The van der Waals surface area contributed by atoms with E-state index in [9.17, 15) is 5.11 Å². The molecule has 3 heteroatoms. The summed E-state index contributed by atoms with van der Waals surface area (Å²) < 4.78 is 0. The highest BCUT2D eigenvalue weighted by molar-refractivity contribution is 5.59. The van der Waals surface area contributed by atoms with Crippen molar-refractivity contribution >= 4 is 5.69 Å². The first-order chi connectivity index (χ1) is 5.69. The van der Waals surface area contributed by atoms with Crippen LogP contribution in [0.5, 0.6) is 11.5 Å². The van der Waals surface area contributed by atoms with Gasteiger partial charge in [0.25, 0.3) is 0 Å². The normalized spacial score (nSPS) is 9.83. The van der Waals surface area contributed by atoms with Crippen molar-refractivity contribution in [3.63, 3.8) is 0 Å². The monoisotopic (exact) mass is 167 g/mol. The first-order valence-electron chi connectivity index (χ1n) is 3.91. The minimum atomic E-state index is -0.0865. The fourth-order valence-electron chi connectivity index (χ4n) is 1.15. The number of benzene rings is 1. The largest absolute Gasteiger partial charge is 0.504 e. The Bertz CT molecular complexity index is 255. The third-order valence-electron chi connectivity index (χ3n) is 1.85. The van der Waals surface area contributed by atoms with Crippen LogP contribution in [0.15, 0.2) is 12.1 Å². The number of hydrogen-bond donors (Lipinski definition) is 3. The Morgan fingerprint density at radius 2 is 1.83 bits per heavy atom. The first kappa shape index (κ1) is 8.71. The van der Waals surface area contributed by atoms with Gasteiger partial charge in [-0.05, 0) is 18.1 Å². The van der Waals surface area contributed by atoms with E-state index < -0.39 is 0 Å². The van der Waals surface area contributed by atoms with Crippen molar-refractivity contribution in [2.24, 2.45) is 0 Å². The van der Waals surface area contributed by atoms with Crippen LogP contribution >= 0.6 is 0 Å². The number of phenolic OH excluding ortho intramolecular Hbond substituents is 2. The van der Waals surface area contributed by atoms with Crippen LogP contribution in [0.2, 0.25) is 0 Å². The zero-order valence-corrected chi connectivity index (χ0v) is 7.26. The molecule has 1 aromatic rings. The molecular formula is C9H13NO2. The molecule has 0 saturated heterocycles. The average Bonchev–Trinajstić information content (AvgIpc) is 2.09. The zero-order valence-electron chi connectivity index (χ0n) is 7.26. The van der Waals surface area contributed by atoms with Crippen LogP contribution in [0, 0.1) is 0 Å². The van der Waals surface area contributed by atoms with E-state index in [4.69, 9.17) is 5.11 Å². The molecule has 1 aromatic carbocycles. The van der Waals surface area contributed by atoms with E-state index in [2.05, 4.69) is 5.32 Å². The summed E-state index contributed by atoms with van der Waals surface area (Å²) in [5.41, 5.74) is 1.85. The Kier molecular flexibility index (Phi) is 2.43. The maximum absolute atomic E-state index is 9.17. The lowest BCUT2D eigenvalue weighted by atomic mass is 10.1. The van der Waals surface area contributed by atoms with Gasteiger partial charge < -0.3 is 15.5 Å². The highest BCUT2D eigenvalue weighted by atomic mass is 16.3. The molecular weight excluding hydrogens is 154 g/mol. The van der Waals surface area contributed by atoms with Crippen LogP contribution in [-0.4, -0.2) is 17.3 Å². The number of aryl methyl sites for hydroxylation is 1. The van der Waals surface area contributed by atoms with Gasteiger partial charge in [0, 0.05) is 18.8 Å². The molecule has 0 bridgehead atoms. The smallest absolute Gasteiger partial charge is 0.159 e. The molecule has 0 aliphatic rings. The molecule has 0 fully saturated rings. The molecule has 3 nitrogen and oxygen atoms in total. The topological polar surface area (TPSA) is 52.5 Å². The lowest BCUT2D eigenvalue weighted by Crippen LogP contribution is -1.93. The van der Waals surface area contributed by atoms with Crippen molar-refractivity contribution in [1.82, 2.24) is 0 Å². The van der Waals surface area contributed by atoms with Crippen LogP contribution in [0.1, 0.15) is 12.5 Å². The molecule has 3 N–H and O–H groups in total. The Morgan fingerprint density at radius 3 is 2.33 bits per heavy atom. The summed E-state index contributed by atoms with van der Waals surface area (Å²) in [5.74, 6) is -0.151. The Hall–Kier alpha value is -1.38. The van der Waals surface area contributed by atoms with Crippen LogP contribution in [0.25, 0.3) is 0 Å². The zero-order chi connectivity index (χ0) is 9.14. The molecule has 0 saturated carbocycles. The van der Waals surface area contributed by atoms with Crippen LogP contribution in [-0.2, 0) is 6.42 Å². The lowest BCUT2D eigenvalue weighted by molar-refractivity contribution is 0.403. The predicted molar refractivity (Wildman–Crippen MR) is 48.7 cm³/mol. The molecule has 0 radical (unpaired) electrons. The average molecular weight is 167 g/mol. The summed E-state index contributed by atoms with van der Waals surface area (Å²) in [5, 5.41) is 21.3. The molecule has 0 amide bonds. The van der Waals surface area contributed by atoms with Gasteiger partial charge in [-0.15, -0.1) is 0 Å². The summed E-state index contributed by atoms with van der Waals surface area (Å²) in [4.78, 5) is 0. The van der Waals surface area contributed by atoms with Gasteiger partial charge in [0.05, 0.1) is 0 Å². The quantitative estimate of drug-likeness (QED) is 0.464. The molecule has 0 aliphatic heterocycles. The SMILES string of the molecule is CCc1cc(O)c(O)cc1NC. The Labute approximate surface area is 71.7 Å². The maximum atomic E-state index is 9.17. The van der Waals surface area contributed by atoms with Crippen molar-refractivity contribution in [2.75, 3.05) is 12.4 Å². The predicted octanol–water partition coefficient (Wildman–Crippen LogP) is 1.70. The second kappa shape index (κ2) is 3.34. The van der Waals surface area contributed by atoms with E-state index in [1.807, 2.05) is 6.92 Å². The van der Waals surface area contributed by atoms with Gasteiger partial charge >= 0.3 is 0 Å². The number of aromatic hydroxyl groups is 2. The van der Waals surface area contributed by atoms with Crippen LogP contribution < -0.4 is 5.32 Å². The van der Waals surface area contributed by atoms with Crippen LogP contribution in [0.3, 0.4) is 0 Å². The van der Waals surface area contributed by atoms with Crippen LogP contribution in [0.4, 0.5) is 5.69 Å². The number of anilines is 1. The first-order valence-corrected chi connectivity index (χ1v) is 3.91. The van der Waals surface area contributed by atoms with Gasteiger partial charge in [-0.25, -0.2) is 0 Å². The van der Waals surface area contributed by atoms with Crippen molar-refractivity contribution < 1.29 is 10.2 Å². The number of phenols is 2. The fraction of sp³-hybridized carbons (Fsp3) is 0.333.